The second-order valence-corrected chi connectivity index (χ2v) is 6.74. The minimum Gasteiger partial charge on any atom is -0.326 e. The highest BCUT2D eigenvalue weighted by molar-refractivity contribution is 6.05. The highest BCUT2D eigenvalue weighted by Gasteiger charge is 2.30. The fourth-order valence-electron chi connectivity index (χ4n) is 3.25. The molecule has 7 nitrogen and oxygen atoms in total. The van der Waals surface area contributed by atoms with Gasteiger partial charge in [0.05, 0.1) is 11.6 Å². The van der Waals surface area contributed by atoms with E-state index < -0.39 is 5.92 Å². The number of hydrogen-bond donors (Lipinski definition) is 2. The first-order chi connectivity index (χ1) is 12.5. The van der Waals surface area contributed by atoms with Gasteiger partial charge in [-0.1, -0.05) is 32.0 Å². The predicted octanol–water partition coefficient (Wildman–Crippen LogP) is 2.92. The fraction of sp³-hybridized carbons (Fsp3) is 0.263. The molecule has 132 valence electrons. The highest BCUT2D eigenvalue weighted by Crippen LogP contribution is 2.32. The van der Waals surface area contributed by atoms with Crippen molar-refractivity contribution in [1.82, 2.24) is 14.6 Å². The van der Waals surface area contributed by atoms with Crippen molar-refractivity contribution in [2.24, 2.45) is 0 Å². The first kappa shape index (κ1) is 16.3. The van der Waals surface area contributed by atoms with Gasteiger partial charge in [0, 0.05) is 24.2 Å². The number of amides is 2. The quantitative estimate of drug-likeness (QED) is 0.761. The molecular formula is C19H19N5O2. The van der Waals surface area contributed by atoms with Gasteiger partial charge in [-0.3, -0.25) is 14.0 Å². The van der Waals surface area contributed by atoms with E-state index in [1.54, 1.807) is 6.07 Å². The second kappa shape index (κ2) is 6.25. The lowest BCUT2D eigenvalue weighted by Crippen LogP contribution is -2.30. The zero-order valence-corrected chi connectivity index (χ0v) is 14.6. The van der Waals surface area contributed by atoms with Gasteiger partial charge in [0.2, 0.25) is 11.8 Å². The molecule has 0 saturated carbocycles. The SMILES string of the molecule is CC(C)c1nnc2ccc(NC(=O)[C@@H]3CC(=O)Nc4ccccc43)cn12. The van der Waals surface area contributed by atoms with Gasteiger partial charge in [-0.25, -0.2) is 0 Å². The lowest BCUT2D eigenvalue weighted by Gasteiger charge is -2.24. The number of carbonyl (C=O) groups excluding carboxylic acids is 2. The summed E-state index contributed by atoms with van der Waals surface area (Å²) in [5.41, 5.74) is 2.90. The molecular weight excluding hydrogens is 330 g/mol. The Hall–Kier alpha value is -3.22. The Morgan fingerprint density at radius 1 is 1.23 bits per heavy atom. The van der Waals surface area contributed by atoms with Crippen LogP contribution in [0.3, 0.4) is 0 Å². The maximum atomic E-state index is 12.8. The van der Waals surface area contributed by atoms with Gasteiger partial charge in [0.25, 0.3) is 0 Å². The molecule has 0 fully saturated rings. The molecule has 0 saturated heterocycles. The average Bonchev–Trinajstić information content (AvgIpc) is 3.04. The molecule has 7 heteroatoms. The molecule has 0 unspecified atom stereocenters. The molecule has 1 atom stereocenters. The van der Waals surface area contributed by atoms with Gasteiger partial charge in [-0.15, -0.1) is 10.2 Å². The van der Waals surface area contributed by atoms with Crippen molar-refractivity contribution in [2.75, 3.05) is 10.6 Å². The number of rotatable bonds is 3. The van der Waals surface area contributed by atoms with Crippen LogP contribution in [-0.2, 0) is 9.59 Å². The number of pyridine rings is 1. The first-order valence-corrected chi connectivity index (χ1v) is 8.57. The van der Waals surface area contributed by atoms with Crippen molar-refractivity contribution in [3.8, 4) is 0 Å². The summed E-state index contributed by atoms with van der Waals surface area (Å²) in [5, 5.41) is 14.1. The Morgan fingerprint density at radius 3 is 2.85 bits per heavy atom. The molecule has 2 N–H and O–H groups in total. The normalized spacial score (nSPS) is 16.4. The lowest BCUT2D eigenvalue weighted by atomic mass is 9.90. The van der Waals surface area contributed by atoms with Crippen LogP contribution in [0.1, 0.15) is 43.5 Å². The largest absolute Gasteiger partial charge is 0.326 e. The van der Waals surface area contributed by atoms with E-state index in [9.17, 15) is 9.59 Å². The van der Waals surface area contributed by atoms with Crippen LogP contribution in [0.5, 0.6) is 0 Å². The number of benzene rings is 1. The molecule has 3 heterocycles. The first-order valence-electron chi connectivity index (χ1n) is 8.57. The van der Waals surface area contributed by atoms with Gasteiger partial charge in [0.15, 0.2) is 5.65 Å². The number of aromatic nitrogens is 3. The molecule has 2 aromatic heterocycles. The molecule has 2 amide bonds. The Balaban J connectivity index is 1.63. The van der Waals surface area contributed by atoms with Crippen LogP contribution in [0.15, 0.2) is 42.6 Å². The number of carbonyl (C=O) groups is 2. The van der Waals surface area contributed by atoms with E-state index in [4.69, 9.17) is 0 Å². The zero-order chi connectivity index (χ0) is 18.3. The number of nitrogens with zero attached hydrogens (tertiary/aromatic N) is 3. The summed E-state index contributed by atoms with van der Waals surface area (Å²) >= 11 is 0. The molecule has 26 heavy (non-hydrogen) atoms. The second-order valence-electron chi connectivity index (χ2n) is 6.74. The molecule has 0 radical (unpaired) electrons. The highest BCUT2D eigenvalue weighted by atomic mass is 16.2. The van der Waals surface area contributed by atoms with Crippen molar-refractivity contribution >= 4 is 28.8 Å². The van der Waals surface area contributed by atoms with Crippen molar-refractivity contribution in [3.05, 3.63) is 54.0 Å². The number of fused-ring (bicyclic) bond motifs is 2. The fourth-order valence-corrected chi connectivity index (χ4v) is 3.25. The summed E-state index contributed by atoms with van der Waals surface area (Å²) in [5.74, 6) is 0.176. The van der Waals surface area contributed by atoms with E-state index in [1.165, 1.54) is 0 Å². The van der Waals surface area contributed by atoms with Crippen LogP contribution in [0, 0.1) is 0 Å². The third kappa shape index (κ3) is 2.81. The van der Waals surface area contributed by atoms with E-state index >= 15 is 0 Å². The third-order valence-corrected chi connectivity index (χ3v) is 4.53. The molecule has 0 spiro atoms. The Kier molecular flexibility index (Phi) is 3.91. The predicted molar refractivity (Wildman–Crippen MR) is 98.1 cm³/mol. The van der Waals surface area contributed by atoms with E-state index in [1.807, 2.05) is 54.8 Å². The molecule has 1 aliphatic heterocycles. The van der Waals surface area contributed by atoms with Crippen molar-refractivity contribution in [1.29, 1.82) is 0 Å². The van der Waals surface area contributed by atoms with Crippen LogP contribution in [0.25, 0.3) is 5.65 Å². The number of hydrogen-bond acceptors (Lipinski definition) is 4. The lowest BCUT2D eigenvalue weighted by molar-refractivity contribution is -0.123. The van der Waals surface area contributed by atoms with E-state index in [0.717, 1.165) is 17.0 Å². The summed E-state index contributed by atoms with van der Waals surface area (Å²) in [6.45, 7) is 4.08. The minimum atomic E-state index is -0.513. The third-order valence-electron chi connectivity index (χ3n) is 4.53. The number of anilines is 2. The molecule has 3 aromatic rings. The topological polar surface area (TPSA) is 88.4 Å². The van der Waals surface area contributed by atoms with Crippen LogP contribution in [0.4, 0.5) is 11.4 Å². The maximum Gasteiger partial charge on any atom is 0.232 e. The van der Waals surface area contributed by atoms with Crippen LogP contribution >= 0.6 is 0 Å². The maximum absolute atomic E-state index is 12.8. The van der Waals surface area contributed by atoms with Crippen molar-refractivity contribution in [2.45, 2.75) is 32.1 Å². The number of nitrogens with one attached hydrogen (secondary N) is 2. The Bertz CT molecular complexity index is 1010. The number of para-hydroxylation sites is 1. The molecule has 1 aromatic carbocycles. The van der Waals surface area contributed by atoms with E-state index in [-0.39, 0.29) is 24.2 Å². The minimum absolute atomic E-state index is 0.134. The van der Waals surface area contributed by atoms with Crippen molar-refractivity contribution in [3.63, 3.8) is 0 Å². The smallest absolute Gasteiger partial charge is 0.232 e. The van der Waals surface area contributed by atoms with Gasteiger partial charge in [-0.05, 0) is 23.8 Å². The van der Waals surface area contributed by atoms with Crippen molar-refractivity contribution < 1.29 is 9.59 Å². The molecule has 1 aliphatic rings. The summed E-state index contributed by atoms with van der Waals surface area (Å²) in [6.07, 6.45) is 1.95. The molecule has 4 rings (SSSR count). The molecule has 0 bridgehead atoms. The Morgan fingerprint density at radius 2 is 2.04 bits per heavy atom. The molecule has 0 aliphatic carbocycles. The van der Waals surface area contributed by atoms with Crippen LogP contribution < -0.4 is 10.6 Å². The van der Waals surface area contributed by atoms with Gasteiger partial charge in [0.1, 0.15) is 5.82 Å². The monoisotopic (exact) mass is 349 g/mol. The van der Waals surface area contributed by atoms with E-state index in [2.05, 4.69) is 20.8 Å². The van der Waals surface area contributed by atoms with E-state index in [0.29, 0.717) is 11.4 Å². The summed E-state index contributed by atoms with van der Waals surface area (Å²) < 4.78 is 1.88. The van der Waals surface area contributed by atoms with Gasteiger partial charge >= 0.3 is 0 Å². The standard InChI is InChI=1S/C19H19N5O2/c1-11(2)18-23-22-16-8-7-12(10-24(16)18)20-19(26)14-9-17(25)21-15-6-4-3-5-13(14)15/h3-8,10-11,14H,9H2,1-2H3,(H,20,26)(H,21,25)/t14-/m1/s1. The average molecular weight is 349 g/mol. The van der Waals surface area contributed by atoms with Gasteiger partial charge in [-0.2, -0.15) is 0 Å². The summed E-state index contributed by atoms with van der Waals surface area (Å²) in [6, 6.07) is 11.0. The van der Waals surface area contributed by atoms with Gasteiger partial charge < -0.3 is 10.6 Å². The zero-order valence-electron chi connectivity index (χ0n) is 14.6. The van der Waals surface area contributed by atoms with Crippen LogP contribution in [0.2, 0.25) is 0 Å². The summed E-state index contributed by atoms with van der Waals surface area (Å²) in [7, 11) is 0. The Labute approximate surface area is 150 Å². The summed E-state index contributed by atoms with van der Waals surface area (Å²) in [4.78, 5) is 24.8. The van der Waals surface area contributed by atoms with Crippen LogP contribution in [-0.4, -0.2) is 26.4 Å².